The predicted octanol–water partition coefficient (Wildman–Crippen LogP) is 1.92. The molecule has 23 heavy (non-hydrogen) atoms. The number of hydrogen-bond donors (Lipinski definition) is 1. The summed E-state index contributed by atoms with van der Waals surface area (Å²) >= 11 is 0. The topological polar surface area (TPSA) is 76.5 Å². The Kier molecular flexibility index (Phi) is 4.04. The molecule has 1 N–H and O–H groups in total. The number of rotatable bonds is 2. The minimum atomic E-state index is -0.515. The standard InChI is InChI=1S/C16H24N4O3/c1-16(2,3)23-15(22)19-7-4-8-20-12(10-19)9-13(18-20)14(21)17-11-5-6-11/h9,11H,4-8,10H2,1-3H3,(H,17,21). The molecule has 2 heterocycles. The Labute approximate surface area is 136 Å². The van der Waals surface area contributed by atoms with Gasteiger partial charge in [0, 0.05) is 19.1 Å². The smallest absolute Gasteiger partial charge is 0.410 e. The van der Waals surface area contributed by atoms with E-state index in [1.807, 2.05) is 25.5 Å². The number of hydrogen-bond acceptors (Lipinski definition) is 4. The number of ether oxygens (including phenoxy) is 1. The minimum Gasteiger partial charge on any atom is -0.444 e. The first-order valence-corrected chi connectivity index (χ1v) is 8.17. The maximum Gasteiger partial charge on any atom is 0.410 e. The molecule has 1 aromatic heterocycles. The molecule has 7 nitrogen and oxygen atoms in total. The molecule has 0 unspecified atom stereocenters. The average molecular weight is 320 g/mol. The molecule has 1 saturated carbocycles. The van der Waals surface area contributed by atoms with E-state index in [1.165, 1.54) is 0 Å². The molecule has 0 saturated heterocycles. The van der Waals surface area contributed by atoms with Crippen LogP contribution in [-0.2, 0) is 17.8 Å². The maximum absolute atomic E-state index is 12.3. The van der Waals surface area contributed by atoms with Crippen molar-refractivity contribution in [1.82, 2.24) is 20.0 Å². The molecule has 126 valence electrons. The molecule has 0 bridgehead atoms. The SMILES string of the molecule is CC(C)(C)OC(=O)N1CCCn2nc(C(=O)NC3CC3)cc2C1. The highest BCUT2D eigenvalue weighted by atomic mass is 16.6. The Morgan fingerprint density at radius 2 is 2.04 bits per heavy atom. The highest BCUT2D eigenvalue weighted by Crippen LogP contribution is 2.20. The fourth-order valence-electron chi connectivity index (χ4n) is 2.54. The number of carbonyl (C=O) groups excluding carboxylic acids is 2. The van der Waals surface area contributed by atoms with Gasteiger partial charge in [0.25, 0.3) is 5.91 Å². The summed E-state index contributed by atoms with van der Waals surface area (Å²) in [5.41, 5.74) is 0.783. The van der Waals surface area contributed by atoms with Crippen molar-refractivity contribution >= 4 is 12.0 Å². The highest BCUT2D eigenvalue weighted by Gasteiger charge is 2.28. The lowest BCUT2D eigenvalue weighted by Gasteiger charge is -2.26. The van der Waals surface area contributed by atoms with Crippen LogP contribution in [0.2, 0.25) is 0 Å². The first-order valence-electron chi connectivity index (χ1n) is 8.17. The van der Waals surface area contributed by atoms with Gasteiger partial charge >= 0.3 is 6.09 Å². The third-order valence-electron chi connectivity index (χ3n) is 3.81. The van der Waals surface area contributed by atoms with Crippen LogP contribution in [0.3, 0.4) is 0 Å². The maximum atomic E-state index is 12.3. The summed E-state index contributed by atoms with van der Waals surface area (Å²) in [6, 6.07) is 2.09. The summed E-state index contributed by atoms with van der Waals surface area (Å²) in [6.45, 7) is 7.31. The van der Waals surface area contributed by atoms with Crippen LogP contribution >= 0.6 is 0 Å². The van der Waals surface area contributed by atoms with Crippen LogP contribution in [-0.4, -0.2) is 44.9 Å². The van der Waals surface area contributed by atoms with Crippen molar-refractivity contribution in [1.29, 1.82) is 0 Å². The molecule has 2 amide bonds. The fraction of sp³-hybridized carbons (Fsp3) is 0.688. The molecule has 1 aromatic rings. The number of fused-ring (bicyclic) bond motifs is 1. The lowest BCUT2D eigenvalue weighted by Crippen LogP contribution is -2.36. The Morgan fingerprint density at radius 3 is 2.70 bits per heavy atom. The van der Waals surface area contributed by atoms with Crippen molar-refractivity contribution in [2.75, 3.05) is 6.54 Å². The van der Waals surface area contributed by atoms with Crippen LogP contribution < -0.4 is 5.32 Å². The number of carbonyl (C=O) groups is 2. The summed E-state index contributed by atoms with van der Waals surface area (Å²) in [4.78, 5) is 26.1. The summed E-state index contributed by atoms with van der Waals surface area (Å²) in [5, 5.41) is 7.33. The van der Waals surface area contributed by atoms with Crippen LogP contribution in [0.15, 0.2) is 6.07 Å². The van der Waals surface area contributed by atoms with Gasteiger partial charge in [0.15, 0.2) is 5.69 Å². The van der Waals surface area contributed by atoms with E-state index in [1.54, 1.807) is 11.0 Å². The normalized spacial score (nSPS) is 18.1. The Morgan fingerprint density at radius 1 is 1.30 bits per heavy atom. The van der Waals surface area contributed by atoms with Gasteiger partial charge in [-0.1, -0.05) is 0 Å². The first-order chi connectivity index (χ1) is 10.8. The zero-order valence-corrected chi connectivity index (χ0v) is 14.0. The van der Waals surface area contributed by atoms with E-state index in [0.29, 0.717) is 31.4 Å². The molecule has 2 aliphatic rings. The van der Waals surface area contributed by atoms with Crippen LogP contribution in [0.5, 0.6) is 0 Å². The van der Waals surface area contributed by atoms with Crippen LogP contribution in [0.1, 0.15) is 56.2 Å². The van der Waals surface area contributed by atoms with Crippen molar-refractivity contribution in [2.24, 2.45) is 0 Å². The van der Waals surface area contributed by atoms with E-state index < -0.39 is 5.60 Å². The monoisotopic (exact) mass is 320 g/mol. The summed E-state index contributed by atoms with van der Waals surface area (Å²) in [7, 11) is 0. The number of aryl methyl sites for hydroxylation is 1. The Balaban J connectivity index is 1.70. The number of amides is 2. The summed E-state index contributed by atoms with van der Waals surface area (Å²) in [5.74, 6) is -0.128. The van der Waals surface area contributed by atoms with Gasteiger partial charge < -0.3 is 15.0 Å². The molecular formula is C16H24N4O3. The number of nitrogens with zero attached hydrogens (tertiary/aromatic N) is 3. The van der Waals surface area contributed by atoms with Gasteiger partial charge in [0.2, 0.25) is 0 Å². The van der Waals surface area contributed by atoms with Gasteiger partial charge in [-0.3, -0.25) is 9.48 Å². The largest absolute Gasteiger partial charge is 0.444 e. The van der Waals surface area contributed by atoms with Gasteiger partial charge in [-0.05, 0) is 46.1 Å². The number of nitrogens with one attached hydrogen (secondary N) is 1. The third-order valence-corrected chi connectivity index (χ3v) is 3.81. The molecule has 0 atom stereocenters. The van der Waals surface area contributed by atoms with Gasteiger partial charge in [-0.15, -0.1) is 0 Å². The van der Waals surface area contributed by atoms with Crippen molar-refractivity contribution in [3.05, 3.63) is 17.5 Å². The molecule has 1 fully saturated rings. The second kappa shape index (κ2) is 5.86. The van der Waals surface area contributed by atoms with Crippen molar-refractivity contribution in [2.45, 2.75) is 64.8 Å². The molecule has 0 aromatic carbocycles. The first kappa shape index (κ1) is 15.8. The molecule has 1 aliphatic carbocycles. The summed E-state index contributed by atoms with van der Waals surface area (Å²) < 4.78 is 7.27. The average Bonchev–Trinajstić information content (AvgIpc) is 3.19. The van der Waals surface area contributed by atoms with Gasteiger partial charge in [-0.25, -0.2) is 4.79 Å². The highest BCUT2D eigenvalue weighted by molar-refractivity contribution is 5.92. The van der Waals surface area contributed by atoms with E-state index in [-0.39, 0.29) is 12.0 Å². The Hall–Kier alpha value is -2.05. The molecule has 0 spiro atoms. The van der Waals surface area contributed by atoms with Crippen LogP contribution in [0, 0.1) is 0 Å². The third kappa shape index (κ3) is 4.03. The van der Waals surface area contributed by atoms with Gasteiger partial charge in [-0.2, -0.15) is 5.10 Å². The molecule has 1 aliphatic heterocycles. The second-order valence-electron chi connectivity index (χ2n) is 7.25. The molecule has 0 radical (unpaired) electrons. The fourth-order valence-corrected chi connectivity index (χ4v) is 2.54. The minimum absolute atomic E-state index is 0.128. The lowest BCUT2D eigenvalue weighted by molar-refractivity contribution is 0.0236. The zero-order chi connectivity index (χ0) is 16.6. The lowest BCUT2D eigenvalue weighted by atomic mass is 10.2. The van der Waals surface area contributed by atoms with E-state index in [9.17, 15) is 9.59 Å². The van der Waals surface area contributed by atoms with Crippen molar-refractivity contribution in [3.8, 4) is 0 Å². The predicted molar refractivity (Wildman–Crippen MR) is 84.0 cm³/mol. The van der Waals surface area contributed by atoms with Crippen molar-refractivity contribution in [3.63, 3.8) is 0 Å². The quantitative estimate of drug-likeness (QED) is 0.903. The Bertz CT molecular complexity index is 613. The van der Waals surface area contributed by atoms with Gasteiger partial charge in [0.1, 0.15) is 5.60 Å². The summed E-state index contributed by atoms with van der Waals surface area (Å²) in [6.07, 6.45) is 2.56. The van der Waals surface area contributed by atoms with Gasteiger partial charge in [0.05, 0.1) is 12.2 Å². The second-order valence-corrected chi connectivity index (χ2v) is 7.25. The van der Waals surface area contributed by atoms with E-state index in [2.05, 4.69) is 10.4 Å². The zero-order valence-electron chi connectivity index (χ0n) is 14.0. The van der Waals surface area contributed by atoms with E-state index in [0.717, 1.165) is 25.0 Å². The molecule has 7 heteroatoms. The molecule has 3 rings (SSSR count). The van der Waals surface area contributed by atoms with Crippen LogP contribution in [0.4, 0.5) is 4.79 Å². The van der Waals surface area contributed by atoms with E-state index >= 15 is 0 Å². The number of aromatic nitrogens is 2. The van der Waals surface area contributed by atoms with Crippen LogP contribution in [0.25, 0.3) is 0 Å². The van der Waals surface area contributed by atoms with E-state index in [4.69, 9.17) is 4.74 Å². The molecular weight excluding hydrogens is 296 g/mol. The van der Waals surface area contributed by atoms with Crippen molar-refractivity contribution < 1.29 is 14.3 Å².